The first-order chi connectivity index (χ1) is 14.1. The van der Waals surface area contributed by atoms with Gasteiger partial charge in [0.2, 0.25) is 0 Å². The highest BCUT2D eigenvalue weighted by atomic mass is 19.2. The molecule has 3 aromatic rings. The van der Waals surface area contributed by atoms with Gasteiger partial charge in [-0.3, -0.25) is 0 Å². The fourth-order valence-corrected chi connectivity index (χ4v) is 4.18. The molecule has 0 saturated heterocycles. The maximum atomic E-state index is 13.4. The number of rotatable bonds is 5. The fourth-order valence-electron chi connectivity index (χ4n) is 4.18. The molecular weight excluding hydrogens is 366 g/mol. The first kappa shape index (κ1) is 19.4. The van der Waals surface area contributed by atoms with E-state index in [9.17, 15) is 8.78 Å². The minimum atomic E-state index is -0.899. The lowest BCUT2D eigenvalue weighted by molar-refractivity contribution is 0.328. The van der Waals surface area contributed by atoms with Crippen molar-refractivity contribution in [3.8, 4) is 22.5 Å². The first-order valence-corrected chi connectivity index (χ1v) is 10.1. The maximum absolute atomic E-state index is 13.4. The van der Waals surface area contributed by atoms with Crippen LogP contribution in [0.2, 0.25) is 0 Å². The van der Waals surface area contributed by atoms with Crippen LogP contribution in [0, 0.1) is 17.6 Å². The second kappa shape index (κ2) is 8.64. The zero-order chi connectivity index (χ0) is 20.2. The molecule has 1 fully saturated rings. The van der Waals surface area contributed by atoms with Crippen LogP contribution in [-0.2, 0) is 0 Å². The van der Waals surface area contributed by atoms with Gasteiger partial charge in [0.05, 0.1) is 0 Å². The van der Waals surface area contributed by atoms with E-state index in [4.69, 9.17) is 0 Å². The first-order valence-electron chi connectivity index (χ1n) is 10.1. The van der Waals surface area contributed by atoms with E-state index in [0.717, 1.165) is 35.6 Å². The summed E-state index contributed by atoms with van der Waals surface area (Å²) in [5.74, 6) is 0.0369. The van der Waals surface area contributed by atoms with E-state index in [1.807, 2.05) is 6.08 Å². The Morgan fingerprint density at radius 2 is 1.48 bits per heavy atom. The molecule has 1 aliphatic rings. The molecular formula is C25H24F2N2. The highest BCUT2D eigenvalue weighted by Crippen LogP contribution is 2.37. The highest BCUT2D eigenvalue weighted by Gasteiger charge is 2.21. The van der Waals surface area contributed by atoms with Gasteiger partial charge in [-0.2, -0.15) is 0 Å². The second-order valence-corrected chi connectivity index (χ2v) is 7.79. The Kier molecular flexibility index (Phi) is 5.79. The average molecular weight is 390 g/mol. The van der Waals surface area contributed by atoms with Gasteiger partial charge in [0.25, 0.3) is 0 Å². The SMILES string of the molecule is C=CC[C@H]1CC[C@H](c2ccc(-c3cnc(-c4ccc(F)c(F)c4)nc3)cc2)CC1. The maximum Gasteiger partial charge on any atom is 0.159 e. The van der Waals surface area contributed by atoms with E-state index < -0.39 is 11.6 Å². The Morgan fingerprint density at radius 3 is 2.10 bits per heavy atom. The summed E-state index contributed by atoms with van der Waals surface area (Å²) in [7, 11) is 0. The van der Waals surface area contributed by atoms with E-state index in [1.165, 1.54) is 37.3 Å². The van der Waals surface area contributed by atoms with Crippen LogP contribution >= 0.6 is 0 Å². The van der Waals surface area contributed by atoms with E-state index in [1.54, 1.807) is 12.4 Å². The van der Waals surface area contributed by atoms with Crippen molar-refractivity contribution in [3.05, 3.63) is 84.7 Å². The van der Waals surface area contributed by atoms with Crippen LogP contribution in [0.3, 0.4) is 0 Å². The Balaban J connectivity index is 1.45. The molecule has 0 radical (unpaired) electrons. The number of benzene rings is 2. The Labute approximate surface area is 170 Å². The van der Waals surface area contributed by atoms with Gasteiger partial charge in [-0.1, -0.05) is 30.3 Å². The number of aromatic nitrogens is 2. The van der Waals surface area contributed by atoms with Gasteiger partial charge in [0.15, 0.2) is 17.5 Å². The molecule has 4 heteroatoms. The molecule has 0 N–H and O–H groups in total. The Hall–Kier alpha value is -2.88. The molecule has 1 heterocycles. The summed E-state index contributed by atoms with van der Waals surface area (Å²) in [5, 5.41) is 0. The largest absolute Gasteiger partial charge is 0.236 e. The van der Waals surface area contributed by atoms with Gasteiger partial charge in [-0.15, -0.1) is 6.58 Å². The zero-order valence-corrected chi connectivity index (χ0v) is 16.3. The molecule has 0 aliphatic heterocycles. The summed E-state index contributed by atoms with van der Waals surface area (Å²) < 4.78 is 26.5. The topological polar surface area (TPSA) is 25.8 Å². The molecule has 0 spiro atoms. The zero-order valence-electron chi connectivity index (χ0n) is 16.3. The lowest BCUT2D eigenvalue weighted by Gasteiger charge is -2.28. The molecule has 1 saturated carbocycles. The molecule has 2 nitrogen and oxygen atoms in total. The normalized spacial score (nSPS) is 19.1. The van der Waals surface area contributed by atoms with E-state index in [2.05, 4.69) is 40.8 Å². The lowest BCUT2D eigenvalue weighted by atomic mass is 9.77. The molecule has 148 valence electrons. The molecule has 2 aromatic carbocycles. The predicted molar refractivity (Wildman–Crippen MR) is 112 cm³/mol. The fraction of sp³-hybridized carbons (Fsp3) is 0.280. The standard InChI is InChI=1S/C25H24F2N2/c1-2-3-17-4-6-18(7-5-17)19-8-10-20(11-9-19)22-15-28-25(29-16-22)21-12-13-23(26)24(27)14-21/h2,8-18H,1,3-7H2/t17-,18-. The number of hydrogen-bond donors (Lipinski definition) is 0. The van der Waals surface area contributed by atoms with Crippen LogP contribution in [0.15, 0.2) is 67.5 Å². The van der Waals surface area contributed by atoms with Gasteiger partial charge >= 0.3 is 0 Å². The molecule has 0 unspecified atom stereocenters. The van der Waals surface area contributed by atoms with Gasteiger partial charge < -0.3 is 0 Å². The van der Waals surface area contributed by atoms with Crippen molar-refractivity contribution < 1.29 is 8.78 Å². The van der Waals surface area contributed by atoms with Crippen LogP contribution in [0.4, 0.5) is 8.78 Å². The smallest absolute Gasteiger partial charge is 0.159 e. The van der Waals surface area contributed by atoms with Crippen molar-refractivity contribution in [2.24, 2.45) is 5.92 Å². The van der Waals surface area contributed by atoms with Crippen molar-refractivity contribution in [2.75, 3.05) is 0 Å². The van der Waals surface area contributed by atoms with Gasteiger partial charge in [-0.25, -0.2) is 18.7 Å². The third-order valence-corrected chi connectivity index (χ3v) is 5.89. The third kappa shape index (κ3) is 4.42. The van der Waals surface area contributed by atoms with Gasteiger partial charge in [0, 0.05) is 23.5 Å². The molecule has 0 amide bonds. The van der Waals surface area contributed by atoms with Gasteiger partial charge in [0.1, 0.15) is 0 Å². The Morgan fingerprint density at radius 1 is 0.828 bits per heavy atom. The lowest BCUT2D eigenvalue weighted by Crippen LogP contribution is -2.12. The summed E-state index contributed by atoms with van der Waals surface area (Å²) in [6.45, 7) is 3.86. The molecule has 29 heavy (non-hydrogen) atoms. The molecule has 0 bridgehead atoms. The summed E-state index contributed by atoms with van der Waals surface area (Å²) in [5.41, 5.74) is 3.80. The van der Waals surface area contributed by atoms with Crippen molar-refractivity contribution >= 4 is 0 Å². The van der Waals surface area contributed by atoms with Crippen LogP contribution in [-0.4, -0.2) is 9.97 Å². The van der Waals surface area contributed by atoms with Crippen molar-refractivity contribution in [2.45, 2.75) is 38.0 Å². The van der Waals surface area contributed by atoms with E-state index in [-0.39, 0.29) is 0 Å². The third-order valence-electron chi connectivity index (χ3n) is 5.89. The Bertz CT molecular complexity index is 973. The average Bonchev–Trinajstić information content (AvgIpc) is 2.77. The number of nitrogens with zero attached hydrogens (tertiary/aromatic N) is 2. The van der Waals surface area contributed by atoms with Crippen molar-refractivity contribution in [1.82, 2.24) is 9.97 Å². The summed E-state index contributed by atoms with van der Waals surface area (Å²) >= 11 is 0. The summed E-state index contributed by atoms with van der Waals surface area (Å²) in [4.78, 5) is 8.65. The number of hydrogen-bond acceptors (Lipinski definition) is 2. The van der Waals surface area contributed by atoms with Gasteiger partial charge in [-0.05, 0) is 73.3 Å². The van der Waals surface area contributed by atoms with Crippen LogP contribution in [0.1, 0.15) is 43.6 Å². The minimum absolute atomic E-state index is 0.376. The number of allylic oxidation sites excluding steroid dienone is 1. The predicted octanol–water partition coefficient (Wildman–Crippen LogP) is 6.94. The molecule has 4 rings (SSSR count). The van der Waals surface area contributed by atoms with Crippen LogP contribution in [0.5, 0.6) is 0 Å². The van der Waals surface area contributed by atoms with E-state index in [0.29, 0.717) is 17.3 Å². The van der Waals surface area contributed by atoms with Crippen molar-refractivity contribution in [3.63, 3.8) is 0 Å². The monoisotopic (exact) mass is 390 g/mol. The van der Waals surface area contributed by atoms with Crippen molar-refractivity contribution in [1.29, 1.82) is 0 Å². The van der Waals surface area contributed by atoms with Crippen LogP contribution in [0.25, 0.3) is 22.5 Å². The molecule has 1 aliphatic carbocycles. The molecule has 1 aromatic heterocycles. The molecule has 0 atom stereocenters. The number of halogens is 2. The summed E-state index contributed by atoms with van der Waals surface area (Å²) in [6, 6.07) is 12.3. The van der Waals surface area contributed by atoms with E-state index >= 15 is 0 Å². The second-order valence-electron chi connectivity index (χ2n) is 7.79. The quantitative estimate of drug-likeness (QED) is 0.441. The van der Waals surface area contributed by atoms with Crippen LogP contribution < -0.4 is 0 Å². The highest BCUT2D eigenvalue weighted by molar-refractivity contribution is 5.64. The summed E-state index contributed by atoms with van der Waals surface area (Å²) in [6.07, 6.45) is 11.6. The minimum Gasteiger partial charge on any atom is -0.236 e.